The highest BCUT2D eigenvalue weighted by Crippen LogP contribution is 2.28. The smallest absolute Gasteiger partial charge is 0.229 e. The van der Waals surface area contributed by atoms with E-state index in [-0.39, 0.29) is 0 Å². The normalized spacial score (nSPS) is 14.9. The number of halogens is 1. The highest BCUT2D eigenvalue weighted by molar-refractivity contribution is 6.30. The van der Waals surface area contributed by atoms with Gasteiger partial charge in [0, 0.05) is 47.3 Å². The van der Waals surface area contributed by atoms with Crippen molar-refractivity contribution in [1.82, 2.24) is 25.1 Å². The standard InChI is InChI=1S/C19H22ClN7/c1-27-12-13(10-23-27)17-11-22-19(25-16-4-2-3-14(20)9-16)26-18(17)24-15-5-7-21-8-6-15/h2-4,9-12,15,21H,5-8H2,1H3,(H2,22,24,25,26). The first-order valence-electron chi connectivity index (χ1n) is 9.03. The van der Waals surface area contributed by atoms with E-state index in [0.717, 1.165) is 48.6 Å². The summed E-state index contributed by atoms with van der Waals surface area (Å²) in [6.07, 6.45) is 7.76. The second kappa shape index (κ2) is 7.94. The molecule has 0 bridgehead atoms. The van der Waals surface area contributed by atoms with Gasteiger partial charge in [-0.3, -0.25) is 4.68 Å². The lowest BCUT2D eigenvalue weighted by molar-refractivity contribution is 0.478. The molecule has 3 aromatic rings. The predicted octanol–water partition coefficient (Wildman–Crippen LogP) is 3.44. The molecule has 0 aliphatic carbocycles. The largest absolute Gasteiger partial charge is 0.367 e. The van der Waals surface area contributed by atoms with Crippen molar-refractivity contribution >= 4 is 29.1 Å². The third-order valence-electron chi connectivity index (χ3n) is 4.57. The van der Waals surface area contributed by atoms with Crippen molar-refractivity contribution < 1.29 is 0 Å². The number of rotatable bonds is 5. The zero-order valence-corrected chi connectivity index (χ0v) is 15.9. The second-order valence-corrected chi connectivity index (χ2v) is 7.10. The summed E-state index contributed by atoms with van der Waals surface area (Å²) in [5, 5.41) is 15.2. The minimum atomic E-state index is 0.385. The van der Waals surface area contributed by atoms with Gasteiger partial charge in [0.15, 0.2) is 0 Å². The van der Waals surface area contributed by atoms with E-state index in [2.05, 4.69) is 26.0 Å². The molecule has 7 nitrogen and oxygen atoms in total. The van der Waals surface area contributed by atoms with Crippen LogP contribution in [0.25, 0.3) is 11.1 Å². The number of hydrogen-bond acceptors (Lipinski definition) is 6. The van der Waals surface area contributed by atoms with Crippen LogP contribution in [0, 0.1) is 0 Å². The number of nitrogens with zero attached hydrogens (tertiary/aromatic N) is 4. The molecular weight excluding hydrogens is 362 g/mol. The Morgan fingerprint density at radius 1 is 1.22 bits per heavy atom. The molecule has 1 aliphatic heterocycles. The van der Waals surface area contributed by atoms with Gasteiger partial charge in [0.2, 0.25) is 5.95 Å². The van der Waals surface area contributed by atoms with Crippen molar-refractivity contribution in [2.24, 2.45) is 7.05 Å². The summed E-state index contributed by atoms with van der Waals surface area (Å²) in [5.41, 5.74) is 2.78. The fraction of sp³-hybridized carbons (Fsp3) is 0.316. The molecule has 0 atom stereocenters. The molecule has 0 saturated carbocycles. The lowest BCUT2D eigenvalue weighted by atomic mass is 10.1. The van der Waals surface area contributed by atoms with Gasteiger partial charge in [-0.25, -0.2) is 4.98 Å². The van der Waals surface area contributed by atoms with Crippen LogP contribution in [0.4, 0.5) is 17.5 Å². The summed E-state index contributed by atoms with van der Waals surface area (Å²) in [7, 11) is 1.90. The average Bonchev–Trinajstić information content (AvgIpc) is 3.09. The van der Waals surface area contributed by atoms with Gasteiger partial charge in [0.05, 0.1) is 6.20 Å². The highest BCUT2D eigenvalue weighted by atomic mass is 35.5. The summed E-state index contributed by atoms with van der Waals surface area (Å²) in [6, 6.07) is 7.89. The van der Waals surface area contributed by atoms with Crippen LogP contribution in [-0.2, 0) is 7.05 Å². The summed E-state index contributed by atoms with van der Waals surface area (Å²) in [4.78, 5) is 9.23. The van der Waals surface area contributed by atoms with Crippen LogP contribution >= 0.6 is 11.6 Å². The van der Waals surface area contributed by atoms with Gasteiger partial charge >= 0.3 is 0 Å². The Balaban J connectivity index is 1.64. The van der Waals surface area contributed by atoms with Gasteiger partial charge in [-0.15, -0.1) is 0 Å². The molecule has 1 saturated heterocycles. The topological polar surface area (TPSA) is 79.7 Å². The maximum absolute atomic E-state index is 6.07. The van der Waals surface area contributed by atoms with Gasteiger partial charge in [0.1, 0.15) is 5.82 Å². The predicted molar refractivity (Wildman–Crippen MR) is 108 cm³/mol. The maximum Gasteiger partial charge on any atom is 0.229 e. The van der Waals surface area contributed by atoms with Crippen LogP contribution in [0.2, 0.25) is 5.02 Å². The van der Waals surface area contributed by atoms with Crippen LogP contribution in [-0.4, -0.2) is 38.9 Å². The van der Waals surface area contributed by atoms with Crippen molar-refractivity contribution in [2.45, 2.75) is 18.9 Å². The molecule has 1 aliphatic rings. The third-order valence-corrected chi connectivity index (χ3v) is 4.80. The Morgan fingerprint density at radius 2 is 2.07 bits per heavy atom. The first-order valence-corrected chi connectivity index (χ1v) is 9.41. The Labute approximate surface area is 163 Å². The van der Waals surface area contributed by atoms with Crippen molar-refractivity contribution in [3.05, 3.63) is 47.9 Å². The van der Waals surface area contributed by atoms with Gasteiger partial charge in [-0.05, 0) is 44.1 Å². The highest BCUT2D eigenvalue weighted by Gasteiger charge is 2.17. The van der Waals surface area contributed by atoms with Crippen LogP contribution in [0.1, 0.15) is 12.8 Å². The van der Waals surface area contributed by atoms with Gasteiger partial charge in [-0.2, -0.15) is 10.1 Å². The fourth-order valence-electron chi connectivity index (χ4n) is 3.18. The van der Waals surface area contributed by atoms with Gasteiger partial charge in [-0.1, -0.05) is 17.7 Å². The third kappa shape index (κ3) is 4.37. The van der Waals surface area contributed by atoms with Gasteiger partial charge in [0.25, 0.3) is 0 Å². The molecule has 27 heavy (non-hydrogen) atoms. The Morgan fingerprint density at radius 3 is 2.81 bits per heavy atom. The second-order valence-electron chi connectivity index (χ2n) is 6.66. The molecule has 0 radical (unpaired) electrons. The Kier molecular flexibility index (Phi) is 5.22. The van der Waals surface area contributed by atoms with E-state index in [1.54, 1.807) is 4.68 Å². The van der Waals surface area contributed by atoms with E-state index in [9.17, 15) is 0 Å². The lowest BCUT2D eigenvalue weighted by Crippen LogP contribution is -2.35. The lowest BCUT2D eigenvalue weighted by Gasteiger charge is -2.25. The fourth-order valence-corrected chi connectivity index (χ4v) is 3.37. The molecule has 3 heterocycles. The van der Waals surface area contributed by atoms with Crippen molar-refractivity contribution in [1.29, 1.82) is 0 Å². The number of anilines is 3. The quantitative estimate of drug-likeness (QED) is 0.626. The molecule has 8 heteroatoms. The SMILES string of the molecule is Cn1cc(-c2cnc(Nc3cccc(Cl)c3)nc2NC2CCNCC2)cn1. The van der Waals surface area contributed by atoms with Crippen molar-refractivity contribution in [3.63, 3.8) is 0 Å². The molecule has 1 aromatic carbocycles. The maximum atomic E-state index is 6.07. The summed E-state index contributed by atoms with van der Waals surface area (Å²) in [5.74, 6) is 1.34. The summed E-state index contributed by atoms with van der Waals surface area (Å²) < 4.78 is 1.78. The van der Waals surface area contributed by atoms with Crippen LogP contribution in [0.15, 0.2) is 42.9 Å². The molecule has 0 unspecified atom stereocenters. The molecule has 0 amide bonds. The number of piperidine rings is 1. The van der Waals surface area contributed by atoms with E-state index in [0.29, 0.717) is 17.0 Å². The monoisotopic (exact) mass is 383 g/mol. The van der Waals surface area contributed by atoms with Crippen LogP contribution in [0.5, 0.6) is 0 Å². The number of aromatic nitrogens is 4. The minimum absolute atomic E-state index is 0.385. The van der Waals surface area contributed by atoms with E-state index >= 15 is 0 Å². The van der Waals surface area contributed by atoms with Crippen LogP contribution in [0.3, 0.4) is 0 Å². The molecule has 140 valence electrons. The van der Waals surface area contributed by atoms with Gasteiger partial charge < -0.3 is 16.0 Å². The number of benzene rings is 1. The van der Waals surface area contributed by atoms with E-state index in [4.69, 9.17) is 16.6 Å². The van der Waals surface area contributed by atoms with E-state index in [1.165, 1.54) is 0 Å². The molecule has 0 spiro atoms. The molecule has 4 rings (SSSR count). The van der Waals surface area contributed by atoms with E-state index < -0.39 is 0 Å². The molecular formula is C19H22ClN7. The summed E-state index contributed by atoms with van der Waals surface area (Å²) in [6.45, 7) is 2.02. The first-order chi connectivity index (χ1) is 13.2. The Hall–Kier alpha value is -2.64. The van der Waals surface area contributed by atoms with E-state index in [1.807, 2.05) is 49.9 Å². The Bertz CT molecular complexity index is 918. The molecule has 3 N–H and O–H groups in total. The van der Waals surface area contributed by atoms with Crippen molar-refractivity contribution in [3.8, 4) is 11.1 Å². The number of aryl methyl sites for hydroxylation is 1. The number of hydrogen-bond donors (Lipinski definition) is 3. The zero-order chi connectivity index (χ0) is 18.6. The van der Waals surface area contributed by atoms with Crippen LogP contribution < -0.4 is 16.0 Å². The first kappa shape index (κ1) is 17.8. The average molecular weight is 384 g/mol. The molecule has 1 fully saturated rings. The minimum Gasteiger partial charge on any atom is -0.367 e. The zero-order valence-electron chi connectivity index (χ0n) is 15.1. The number of nitrogens with one attached hydrogen (secondary N) is 3. The summed E-state index contributed by atoms with van der Waals surface area (Å²) >= 11 is 6.07. The molecule has 2 aromatic heterocycles. The van der Waals surface area contributed by atoms with Crippen molar-refractivity contribution in [2.75, 3.05) is 23.7 Å².